The smallest absolute Gasteiger partial charge is 0.0465 e. The molecule has 0 aliphatic carbocycles. The quantitative estimate of drug-likeness (QED) is 0.800. The summed E-state index contributed by atoms with van der Waals surface area (Å²) in [6.07, 6.45) is 4.89. The second kappa shape index (κ2) is 5.13. The number of aryl methyl sites for hydroxylation is 2. The Bertz CT molecular complexity index is 349. The fourth-order valence-electron chi connectivity index (χ4n) is 1.77. The lowest BCUT2D eigenvalue weighted by atomic mass is 9.94. The topological polar surface area (TPSA) is 20.2 Å². The van der Waals surface area contributed by atoms with Gasteiger partial charge in [0.05, 0.1) is 0 Å². The molecule has 0 unspecified atom stereocenters. The first-order chi connectivity index (χ1) is 7.07. The summed E-state index contributed by atoms with van der Waals surface area (Å²) < 4.78 is 0. The van der Waals surface area contributed by atoms with E-state index in [0.29, 0.717) is 0 Å². The molecule has 0 radical (unpaired) electrons. The van der Waals surface area contributed by atoms with E-state index in [1.807, 2.05) is 6.08 Å². The maximum Gasteiger partial charge on any atom is 0.0465 e. The first-order valence-corrected chi connectivity index (χ1v) is 5.42. The Morgan fingerprint density at radius 3 is 2.07 bits per heavy atom. The van der Waals surface area contributed by atoms with Crippen LogP contribution in [0.5, 0.6) is 0 Å². The molecule has 0 saturated heterocycles. The predicted octanol–water partition coefficient (Wildman–Crippen LogP) is 3.32. The monoisotopic (exact) mass is 204 g/mol. The van der Waals surface area contributed by atoms with Crippen LogP contribution < -0.4 is 0 Å². The van der Waals surface area contributed by atoms with Gasteiger partial charge >= 0.3 is 0 Å². The number of hydrogen-bond donors (Lipinski definition) is 1. The third-order valence-electron chi connectivity index (χ3n) is 3.00. The molecule has 1 aromatic carbocycles. The van der Waals surface area contributed by atoms with Gasteiger partial charge in [-0.1, -0.05) is 18.2 Å². The Morgan fingerprint density at radius 1 is 1.07 bits per heavy atom. The number of rotatable bonds is 3. The molecule has 1 nitrogen and oxygen atoms in total. The van der Waals surface area contributed by atoms with Gasteiger partial charge in [-0.25, -0.2) is 0 Å². The Kier molecular flexibility index (Phi) is 4.10. The van der Waals surface area contributed by atoms with Gasteiger partial charge in [0.25, 0.3) is 0 Å². The van der Waals surface area contributed by atoms with Crippen LogP contribution in [0.4, 0.5) is 0 Å². The minimum atomic E-state index is 0.222. The third-order valence-corrected chi connectivity index (χ3v) is 3.00. The average Bonchev–Trinajstić information content (AvgIpc) is 2.20. The van der Waals surface area contributed by atoms with Crippen molar-refractivity contribution in [1.82, 2.24) is 0 Å². The maximum atomic E-state index is 8.74. The number of aliphatic hydroxyl groups is 1. The maximum absolute atomic E-state index is 8.74. The minimum absolute atomic E-state index is 0.222. The zero-order chi connectivity index (χ0) is 11.4. The molecule has 0 aliphatic heterocycles. The largest absolute Gasteiger partial charge is 0.396 e. The SMILES string of the molecule is Cc1cc(C)c(C)c(C=CCCO)c1C. The van der Waals surface area contributed by atoms with Crippen LogP contribution in [-0.2, 0) is 0 Å². The molecule has 0 saturated carbocycles. The molecule has 0 heterocycles. The highest BCUT2D eigenvalue weighted by Gasteiger charge is 2.04. The zero-order valence-electron chi connectivity index (χ0n) is 10.1. The van der Waals surface area contributed by atoms with E-state index < -0.39 is 0 Å². The predicted molar refractivity (Wildman–Crippen MR) is 66.1 cm³/mol. The molecule has 0 fully saturated rings. The Morgan fingerprint density at radius 2 is 1.60 bits per heavy atom. The van der Waals surface area contributed by atoms with Crippen molar-refractivity contribution in [3.63, 3.8) is 0 Å². The molecule has 15 heavy (non-hydrogen) atoms. The van der Waals surface area contributed by atoms with Crippen molar-refractivity contribution in [1.29, 1.82) is 0 Å². The van der Waals surface area contributed by atoms with Crippen molar-refractivity contribution in [2.75, 3.05) is 6.61 Å². The van der Waals surface area contributed by atoms with Gasteiger partial charge in [0.15, 0.2) is 0 Å². The van der Waals surface area contributed by atoms with Gasteiger partial charge in [-0.3, -0.25) is 0 Å². The Balaban J connectivity index is 3.15. The average molecular weight is 204 g/mol. The molecule has 1 N–H and O–H groups in total. The Labute approximate surface area is 92.5 Å². The summed E-state index contributed by atoms with van der Waals surface area (Å²) in [7, 11) is 0. The Hall–Kier alpha value is -1.08. The molecule has 0 bridgehead atoms. The van der Waals surface area contributed by atoms with Crippen LogP contribution in [0.25, 0.3) is 6.08 Å². The fourth-order valence-corrected chi connectivity index (χ4v) is 1.77. The van der Waals surface area contributed by atoms with Crippen LogP contribution in [0, 0.1) is 27.7 Å². The molecule has 82 valence electrons. The fraction of sp³-hybridized carbons (Fsp3) is 0.429. The highest BCUT2D eigenvalue weighted by molar-refractivity contribution is 5.61. The lowest BCUT2D eigenvalue weighted by Gasteiger charge is -2.12. The number of hydrogen-bond acceptors (Lipinski definition) is 1. The van der Waals surface area contributed by atoms with Crippen molar-refractivity contribution >= 4 is 6.08 Å². The summed E-state index contributed by atoms with van der Waals surface area (Å²) in [5.74, 6) is 0. The van der Waals surface area contributed by atoms with Crippen LogP contribution in [0.15, 0.2) is 12.1 Å². The molecule has 1 rings (SSSR count). The number of aliphatic hydroxyl groups excluding tert-OH is 1. The molecule has 1 heteroatoms. The standard InChI is InChI=1S/C14H20O/c1-10-9-11(2)13(4)14(12(10)3)7-5-6-8-15/h5,7,9,15H,6,8H2,1-4H3. The van der Waals surface area contributed by atoms with E-state index in [1.165, 1.54) is 27.8 Å². The van der Waals surface area contributed by atoms with E-state index >= 15 is 0 Å². The van der Waals surface area contributed by atoms with Gasteiger partial charge < -0.3 is 5.11 Å². The molecule has 0 spiro atoms. The van der Waals surface area contributed by atoms with E-state index in [-0.39, 0.29) is 6.61 Å². The summed E-state index contributed by atoms with van der Waals surface area (Å²) in [5, 5.41) is 8.74. The van der Waals surface area contributed by atoms with Crippen molar-refractivity contribution < 1.29 is 5.11 Å². The van der Waals surface area contributed by atoms with E-state index in [0.717, 1.165) is 6.42 Å². The van der Waals surface area contributed by atoms with Crippen LogP contribution in [0.1, 0.15) is 34.2 Å². The molecule has 0 atom stereocenters. The van der Waals surface area contributed by atoms with Crippen molar-refractivity contribution in [2.45, 2.75) is 34.1 Å². The van der Waals surface area contributed by atoms with Crippen LogP contribution in [-0.4, -0.2) is 11.7 Å². The summed E-state index contributed by atoms with van der Waals surface area (Å²) >= 11 is 0. The normalized spacial score (nSPS) is 11.3. The van der Waals surface area contributed by atoms with Crippen LogP contribution in [0.2, 0.25) is 0 Å². The van der Waals surface area contributed by atoms with Gasteiger partial charge in [-0.15, -0.1) is 0 Å². The molecular weight excluding hydrogens is 184 g/mol. The van der Waals surface area contributed by atoms with Gasteiger partial charge in [-0.2, -0.15) is 0 Å². The van der Waals surface area contributed by atoms with E-state index in [4.69, 9.17) is 5.11 Å². The first-order valence-electron chi connectivity index (χ1n) is 5.42. The first kappa shape index (κ1) is 12.0. The highest BCUT2D eigenvalue weighted by Crippen LogP contribution is 2.22. The lowest BCUT2D eigenvalue weighted by molar-refractivity contribution is 0.303. The van der Waals surface area contributed by atoms with E-state index in [1.54, 1.807) is 0 Å². The van der Waals surface area contributed by atoms with Crippen LogP contribution in [0.3, 0.4) is 0 Å². The van der Waals surface area contributed by atoms with Gasteiger partial charge in [0, 0.05) is 6.61 Å². The highest BCUT2D eigenvalue weighted by atomic mass is 16.2. The van der Waals surface area contributed by atoms with Crippen LogP contribution >= 0.6 is 0 Å². The van der Waals surface area contributed by atoms with E-state index in [2.05, 4.69) is 39.8 Å². The van der Waals surface area contributed by atoms with Crippen molar-refractivity contribution in [3.8, 4) is 0 Å². The molecular formula is C14H20O. The molecule has 1 aromatic rings. The van der Waals surface area contributed by atoms with Gasteiger partial charge in [0.2, 0.25) is 0 Å². The third kappa shape index (κ3) is 2.69. The second-order valence-electron chi connectivity index (χ2n) is 4.09. The second-order valence-corrected chi connectivity index (χ2v) is 4.09. The summed E-state index contributed by atoms with van der Waals surface area (Å²) in [6, 6.07) is 2.23. The minimum Gasteiger partial charge on any atom is -0.396 e. The molecule has 0 aliphatic rings. The van der Waals surface area contributed by atoms with Gasteiger partial charge in [0.1, 0.15) is 0 Å². The van der Waals surface area contributed by atoms with Crippen molar-refractivity contribution in [3.05, 3.63) is 40.0 Å². The zero-order valence-corrected chi connectivity index (χ0v) is 10.1. The summed E-state index contributed by atoms with van der Waals surface area (Å²) in [6.45, 7) is 8.82. The van der Waals surface area contributed by atoms with E-state index in [9.17, 15) is 0 Å². The number of benzene rings is 1. The summed E-state index contributed by atoms with van der Waals surface area (Å²) in [5.41, 5.74) is 6.66. The van der Waals surface area contributed by atoms with Crippen molar-refractivity contribution in [2.24, 2.45) is 0 Å². The molecule has 0 amide bonds. The summed E-state index contributed by atoms with van der Waals surface area (Å²) in [4.78, 5) is 0. The lowest BCUT2D eigenvalue weighted by Crippen LogP contribution is -1.94. The van der Waals surface area contributed by atoms with Gasteiger partial charge in [-0.05, 0) is 61.9 Å². The molecule has 0 aromatic heterocycles.